The first-order chi connectivity index (χ1) is 11.5. The van der Waals surface area contributed by atoms with Gasteiger partial charge in [-0.15, -0.1) is 0 Å². The molecule has 0 radical (unpaired) electrons. The van der Waals surface area contributed by atoms with Crippen LogP contribution in [0.25, 0.3) is 10.4 Å². The molecule has 8 heteroatoms. The summed E-state index contributed by atoms with van der Waals surface area (Å²) in [5, 5.41) is 13.7. The van der Waals surface area contributed by atoms with Crippen LogP contribution in [-0.4, -0.2) is 48.1 Å². The summed E-state index contributed by atoms with van der Waals surface area (Å²) in [7, 11) is 0. The van der Waals surface area contributed by atoms with E-state index in [4.69, 9.17) is 24.5 Å². The Morgan fingerprint density at radius 2 is 2.08 bits per heavy atom. The van der Waals surface area contributed by atoms with Gasteiger partial charge in [-0.25, -0.2) is 0 Å². The van der Waals surface area contributed by atoms with Gasteiger partial charge >= 0.3 is 0 Å². The lowest BCUT2D eigenvalue weighted by molar-refractivity contribution is -0.229. The zero-order valence-electron chi connectivity index (χ0n) is 13.6. The van der Waals surface area contributed by atoms with E-state index in [1.165, 1.54) is 0 Å². The van der Waals surface area contributed by atoms with Gasteiger partial charge in [0.05, 0.1) is 19.3 Å². The summed E-state index contributed by atoms with van der Waals surface area (Å²) in [6.07, 6.45) is -3.28. The summed E-state index contributed by atoms with van der Waals surface area (Å²) < 4.78 is 23.3. The van der Waals surface area contributed by atoms with Gasteiger partial charge in [-0.05, 0) is 24.9 Å². The van der Waals surface area contributed by atoms with Crippen LogP contribution in [0, 0.1) is 0 Å². The fourth-order valence-corrected chi connectivity index (χ4v) is 2.99. The van der Waals surface area contributed by atoms with Crippen LogP contribution in [0.2, 0.25) is 0 Å². The average molecular weight is 335 g/mol. The minimum absolute atomic E-state index is 0.102. The molecule has 8 nitrogen and oxygen atoms in total. The average Bonchev–Trinajstić information content (AvgIpc) is 3.03. The third-order valence-electron chi connectivity index (χ3n) is 4.02. The Labute approximate surface area is 139 Å². The van der Waals surface area contributed by atoms with Gasteiger partial charge in [0.2, 0.25) is 0 Å². The van der Waals surface area contributed by atoms with Crippen molar-refractivity contribution < 1.29 is 24.1 Å². The highest BCUT2D eigenvalue weighted by Crippen LogP contribution is 2.40. The Morgan fingerprint density at radius 1 is 1.33 bits per heavy atom. The Morgan fingerprint density at radius 3 is 2.79 bits per heavy atom. The number of aliphatic hydroxyl groups is 1. The summed E-state index contributed by atoms with van der Waals surface area (Å²) >= 11 is 0. The molecule has 1 aromatic rings. The number of nitrogens with zero attached hydrogens (tertiary/aromatic N) is 3. The number of azide groups is 1. The normalized spacial score (nSPS) is 32.1. The van der Waals surface area contributed by atoms with Crippen LogP contribution in [0.15, 0.2) is 35.4 Å². The van der Waals surface area contributed by atoms with Crippen LogP contribution in [0.4, 0.5) is 0 Å². The third-order valence-corrected chi connectivity index (χ3v) is 4.02. The van der Waals surface area contributed by atoms with E-state index in [0.717, 1.165) is 5.56 Å². The minimum Gasteiger partial charge on any atom is -0.390 e. The number of aliphatic hydroxyl groups excluding tert-OH is 1. The maximum Gasteiger partial charge on any atom is 0.190 e. The molecule has 1 N–H and O–H groups in total. The largest absolute Gasteiger partial charge is 0.390 e. The Balaban J connectivity index is 1.72. The predicted octanol–water partition coefficient (Wildman–Crippen LogP) is 2.12. The molecular formula is C16H21N3O5. The zero-order chi connectivity index (χ0) is 17.2. The number of fused-ring (bicyclic) bond motifs is 1. The molecule has 0 saturated carbocycles. The van der Waals surface area contributed by atoms with Crippen molar-refractivity contribution in [2.24, 2.45) is 5.11 Å². The number of benzene rings is 1. The molecule has 2 aliphatic heterocycles. The molecule has 2 aliphatic rings. The summed E-state index contributed by atoms with van der Waals surface area (Å²) in [5.74, 6) is -0.773. The number of hydrogen-bond acceptors (Lipinski definition) is 6. The van der Waals surface area contributed by atoms with E-state index >= 15 is 0 Å². The van der Waals surface area contributed by atoms with E-state index in [2.05, 4.69) is 10.0 Å². The highest BCUT2D eigenvalue weighted by molar-refractivity contribution is 5.13. The fourth-order valence-electron chi connectivity index (χ4n) is 2.99. The monoisotopic (exact) mass is 335 g/mol. The van der Waals surface area contributed by atoms with E-state index in [9.17, 15) is 5.11 Å². The standard InChI is InChI=1S/C16H21N3O5/c1-16(2)23-14-13(21-9-10-6-4-3-5-7-10)12(22-15(14)24-16)11(20)8-18-19-17/h3-7,11-15,20H,8-9H2,1-2H3/t11-,12+,13-,14+,15+/m0/s1. The topological polar surface area (TPSA) is 106 Å². The van der Waals surface area contributed by atoms with Gasteiger partial charge in [0, 0.05) is 4.91 Å². The number of rotatable bonds is 6. The van der Waals surface area contributed by atoms with Gasteiger partial charge in [-0.1, -0.05) is 35.4 Å². The molecule has 1 aromatic carbocycles. The molecule has 0 spiro atoms. The van der Waals surface area contributed by atoms with Crippen molar-refractivity contribution >= 4 is 0 Å². The second kappa shape index (κ2) is 7.06. The highest BCUT2D eigenvalue weighted by atomic mass is 16.8. The molecule has 130 valence electrons. The summed E-state index contributed by atoms with van der Waals surface area (Å²) in [4.78, 5) is 2.67. The molecule has 3 rings (SSSR count). The SMILES string of the molecule is CC1(C)O[C@H]2O[C@H]([C@@H](O)CN=[N+]=[N-])[C@H](OCc3ccccc3)[C@H]2O1. The smallest absolute Gasteiger partial charge is 0.190 e. The van der Waals surface area contributed by atoms with Crippen molar-refractivity contribution in [3.63, 3.8) is 0 Å². The van der Waals surface area contributed by atoms with E-state index in [0.29, 0.717) is 6.61 Å². The van der Waals surface area contributed by atoms with Crippen LogP contribution >= 0.6 is 0 Å². The fraction of sp³-hybridized carbons (Fsp3) is 0.625. The lowest BCUT2D eigenvalue weighted by atomic mass is 10.1. The van der Waals surface area contributed by atoms with Gasteiger partial charge in [-0.3, -0.25) is 0 Å². The zero-order valence-corrected chi connectivity index (χ0v) is 13.6. The van der Waals surface area contributed by atoms with E-state index in [-0.39, 0.29) is 6.54 Å². The lowest BCUT2D eigenvalue weighted by Gasteiger charge is -2.28. The van der Waals surface area contributed by atoms with Crippen LogP contribution in [-0.2, 0) is 25.6 Å². The molecule has 2 saturated heterocycles. The second-order valence-electron chi connectivity index (χ2n) is 6.31. The van der Waals surface area contributed by atoms with Crippen LogP contribution in [0.3, 0.4) is 0 Å². The molecule has 24 heavy (non-hydrogen) atoms. The number of ether oxygens (including phenoxy) is 4. The van der Waals surface area contributed by atoms with E-state index < -0.39 is 36.5 Å². The van der Waals surface area contributed by atoms with Crippen molar-refractivity contribution in [2.45, 2.75) is 56.9 Å². The summed E-state index contributed by atoms with van der Waals surface area (Å²) in [6, 6.07) is 9.70. The first-order valence-electron chi connectivity index (χ1n) is 7.86. The van der Waals surface area contributed by atoms with Crippen LogP contribution in [0.5, 0.6) is 0 Å². The van der Waals surface area contributed by atoms with Crippen molar-refractivity contribution in [1.29, 1.82) is 0 Å². The molecule has 0 unspecified atom stereocenters. The number of hydrogen-bond donors (Lipinski definition) is 1. The van der Waals surface area contributed by atoms with E-state index in [1.807, 2.05) is 30.3 Å². The third kappa shape index (κ3) is 3.70. The molecular weight excluding hydrogens is 314 g/mol. The molecule has 0 aliphatic carbocycles. The Bertz CT molecular complexity index is 605. The van der Waals surface area contributed by atoms with Crippen LogP contribution < -0.4 is 0 Å². The molecule has 2 heterocycles. The first-order valence-corrected chi connectivity index (χ1v) is 7.86. The van der Waals surface area contributed by atoms with Crippen molar-refractivity contribution in [3.8, 4) is 0 Å². The van der Waals surface area contributed by atoms with Crippen LogP contribution in [0.1, 0.15) is 19.4 Å². The quantitative estimate of drug-likeness (QED) is 0.487. The summed E-state index contributed by atoms with van der Waals surface area (Å²) in [5.41, 5.74) is 9.43. The van der Waals surface area contributed by atoms with Gasteiger partial charge in [0.25, 0.3) is 0 Å². The first kappa shape index (κ1) is 17.2. The maximum absolute atomic E-state index is 10.3. The molecule has 2 fully saturated rings. The Kier molecular flexibility index (Phi) is 5.05. The highest BCUT2D eigenvalue weighted by Gasteiger charge is 2.56. The van der Waals surface area contributed by atoms with Gasteiger partial charge in [0.1, 0.15) is 18.3 Å². The van der Waals surface area contributed by atoms with Crippen molar-refractivity contribution in [3.05, 3.63) is 46.3 Å². The lowest BCUT2D eigenvalue weighted by Crippen LogP contribution is -2.43. The predicted molar refractivity (Wildman–Crippen MR) is 83.7 cm³/mol. The van der Waals surface area contributed by atoms with Gasteiger partial charge in [-0.2, -0.15) is 0 Å². The maximum atomic E-state index is 10.3. The second-order valence-corrected chi connectivity index (χ2v) is 6.31. The summed E-state index contributed by atoms with van der Waals surface area (Å²) in [6.45, 7) is 3.85. The van der Waals surface area contributed by atoms with Gasteiger partial charge in [0.15, 0.2) is 12.1 Å². The molecule has 0 bridgehead atoms. The molecule has 0 amide bonds. The van der Waals surface area contributed by atoms with Crippen molar-refractivity contribution in [1.82, 2.24) is 0 Å². The van der Waals surface area contributed by atoms with Crippen molar-refractivity contribution in [2.75, 3.05) is 6.54 Å². The van der Waals surface area contributed by atoms with E-state index in [1.54, 1.807) is 13.8 Å². The van der Waals surface area contributed by atoms with Gasteiger partial charge < -0.3 is 24.1 Å². The Hall–Kier alpha value is -1.67. The molecule has 5 atom stereocenters. The molecule has 0 aromatic heterocycles. The minimum atomic E-state index is -0.998.